The van der Waals surface area contributed by atoms with E-state index >= 15 is 0 Å². The Bertz CT molecular complexity index is 6880. The zero-order valence-electron chi connectivity index (χ0n) is 73.4. The van der Waals surface area contributed by atoms with E-state index < -0.39 is 43.0 Å². The minimum Gasteiger partial charge on any atom is -0.456 e. The second kappa shape index (κ2) is 24.8. The minimum atomic E-state index is -0.552. The first kappa shape index (κ1) is 60.1. The average molecular weight is 1430 g/mol. The van der Waals surface area contributed by atoms with Crippen molar-refractivity contribution in [1.82, 2.24) is 9.13 Å². The number of hydrogen-bond donors (Lipinski definition) is 0. The maximum absolute atomic E-state index is 9.99. The van der Waals surface area contributed by atoms with E-state index in [0.29, 0.717) is 5.69 Å². The first-order valence-corrected chi connectivity index (χ1v) is 38.7. The number of fused-ring (bicyclic) bond motifs is 13. The van der Waals surface area contributed by atoms with Gasteiger partial charge in [-0.05, 0) is 202 Å². The first-order valence-electron chi connectivity index (χ1n) is 42.7. The summed E-state index contributed by atoms with van der Waals surface area (Å²) in [6.07, 6.45) is 0. The van der Waals surface area contributed by atoms with Crippen molar-refractivity contribution in [3.05, 3.63) is 319 Å². The first-order chi connectivity index (χ1) is 56.0. The molecular formula is C104H93BN4O. The van der Waals surface area contributed by atoms with Gasteiger partial charge in [0.15, 0.2) is 0 Å². The van der Waals surface area contributed by atoms with Gasteiger partial charge in [-0.3, -0.25) is 0 Å². The van der Waals surface area contributed by atoms with Crippen molar-refractivity contribution < 1.29 is 15.4 Å². The van der Waals surface area contributed by atoms with E-state index in [0.717, 1.165) is 150 Å². The zero-order chi connectivity index (χ0) is 82.8. The molecule has 0 N–H and O–H groups in total. The largest absolute Gasteiger partial charge is 0.456 e. The van der Waals surface area contributed by atoms with Crippen molar-refractivity contribution in [3.63, 3.8) is 0 Å². The average Bonchev–Trinajstić information content (AvgIpc) is 1.13. The van der Waals surface area contributed by atoms with Gasteiger partial charge in [0.2, 0.25) is 0 Å². The molecule has 0 spiro atoms. The summed E-state index contributed by atoms with van der Waals surface area (Å²) in [6.45, 7) is 33.7. The van der Waals surface area contributed by atoms with Gasteiger partial charge in [-0.1, -0.05) is 298 Å². The Morgan fingerprint density at radius 2 is 0.736 bits per heavy atom. The van der Waals surface area contributed by atoms with E-state index in [1.807, 2.05) is 12.1 Å². The van der Waals surface area contributed by atoms with Gasteiger partial charge in [-0.25, -0.2) is 0 Å². The van der Waals surface area contributed by atoms with Gasteiger partial charge in [0.25, 0.3) is 6.71 Å². The van der Waals surface area contributed by atoms with E-state index in [1.54, 1.807) is 4.57 Å². The van der Waals surface area contributed by atoms with Crippen LogP contribution in [0.15, 0.2) is 295 Å². The van der Waals surface area contributed by atoms with Crippen molar-refractivity contribution in [3.8, 4) is 55.9 Å². The SMILES string of the molecule is [2H]c1c([2H])c([2H])c2c(c1[2H])c1c([2H])c([2H])c([2H])c([2H])c1n2-c1ccc2c(c1)N(c1c(-c3ccccc3)cc(C(C)(C)C)cc1-c1ccccc1)c1cc(-n3c4ccc(C(C)(C)C)cc4c4cc(C(C)(C)C)ccc43)cc3c1B2c1ccc(-c2cc(C(C)(C)C)cc(C(C)(C)C)c2)cc1N3c1cc(-c2ccccc2)cc2oc3ccccc3c12. The molecule has 2 aliphatic rings. The van der Waals surface area contributed by atoms with E-state index in [4.69, 9.17) is 4.42 Å². The molecule has 6 heteroatoms. The van der Waals surface area contributed by atoms with E-state index in [2.05, 4.69) is 349 Å². The van der Waals surface area contributed by atoms with Crippen molar-refractivity contribution in [2.45, 2.75) is 131 Å². The van der Waals surface area contributed by atoms with Crippen molar-refractivity contribution in [2.75, 3.05) is 9.80 Å². The molecule has 14 aromatic carbocycles. The smallest absolute Gasteiger partial charge is 0.252 e. The molecule has 5 heterocycles. The van der Waals surface area contributed by atoms with Crippen LogP contribution in [-0.4, -0.2) is 15.8 Å². The third-order valence-corrected chi connectivity index (χ3v) is 23.3. The molecule has 0 saturated heterocycles. The second-order valence-corrected chi connectivity index (χ2v) is 35.6. The Labute approximate surface area is 659 Å². The zero-order valence-corrected chi connectivity index (χ0v) is 65.4. The van der Waals surface area contributed by atoms with Crippen molar-refractivity contribution >= 4 is 123 Å². The fourth-order valence-electron chi connectivity index (χ4n) is 17.3. The Morgan fingerprint density at radius 1 is 0.291 bits per heavy atom. The highest BCUT2D eigenvalue weighted by atomic mass is 16.3. The van der Waals surface area contributed by atoms with E-state index in [-0.39, 0.29) is 61.0 Å². The van der Waals surface area contributed by atoms with Crippen LogP contribution >= 0.6 is 0 Å². The fraction of sp³-hybridized carbons (Fsp3) is 0.192. The Balaban J connectivity index is 1.06. The number of nitrogens with zero attached hydrogens (tertiary/aromatic N) is 4. The van der Waals surface area contributed by atoms with Gasteiger partial charge < -0.3 is 23.4 Å². The van der Waals surface area contributed by atoms with Gasteiger partial charge in [0.05, 0.1) is 55.5 Å². The third-order valence-electron chi connectivity index (χ3n) is 23.3. The fourth-order valence-corrected chi connectivity index (χ4v) is 17.3. The lowest BCUT2D eigenvalue weighted by molar-refractivity contribution is 0.569. The predicted molar refractivity (Wildman–Crippen MR) is 472 cm³/mol. The van der Waals surface area contributed by atoms with Crippen LogP contribution in [-0.2, 0) is 27.1 Å². The van der Waals surface area contributed by atoms with Crippen LogP contribution in [0.2, 0.25) is 0 Å². The molecule has 0 unspecified atom stereocenters. The molecule has 17 aromatic rings. The lowest BCUT2D eigenvalue weighted by Crippen LogP contribution is -2.61. The van der Waals surface area contributed by atoms with Crippen LogP contribution in [0, 0.1) is 0 Å². The van der Waals surface area contributed by atoms with Gasteiger partial charge in [-0.15, -0.1) is 0 Å². The minimum absolute atomic E-state index is 0.00345. The van der Waals surface area contributed by atoms with Crippen LogP contribution in [0.1, 0.15) is 143 Å². The summed E-state index contributed by atoms with van der Waals surface area (Å²) < 4.78 is 87.9. The van der Waals surface area contributed by atoms with Gasteiger partial charge >= 0.3 is 0 Å². The summed E-state index contributed by atoms with van der Waals surface area (Å²) >= 11 is 0. The number of rotatable bonds is 8. The topological polar surface area (TPSA) is 29.5 Å². The number of benzene rings is 14. The molecule has 0 aliphatic carbocycles. The number of hydrogen-bond acceptors (Lipinski definition) is 3. The molecule has 0 fully saturated rings. The predicted octanol–water partition coefficient (Wildman–Crippen LogP) is 27.0. The van der Waals surface area contributed by atoms with Crippen LogP contribution in [0.3, 0.4) is 0 Å². The quantitative estimate of drug-likeness (QED) is 0.142. The summed E-state index contributed by atoms with van der Waals surface area (Å²) in [5, 5.41) is 4.18. The van der Waals surface area contributed by atoms with E-state index in [1.165, 1.54) is 22.3 Å². The molecule has 110 heavy (non-hydrogen) atoms. The van der Waals surface area contributed by atoms with Gasteiger partial charge in [0.1, 0.15) is 11.2 Å². The molecule has 19 rings (SSSR count). The van der Waals surface area contributed by atoms with Crippen LogP contribution in [0.5, 0.6) is 0 Å². The van der Waals surface area contributed by atoms with Crippen LogP contribution in [0.4, 0.5) is 34.1 Å². The second-order valence-electron chi connectivity index (χ2n) is 35.6. The van der Waals surface area contributed by atoms with Gasteiger partial charge in [0, 0.05) is 66.5 Å². The monoisotopic (exact) mass is 1430 g/mol. The summed E-state index contributed by atoms with van der Waals surface area (Å²) in [4.78, 5) is 5.04. The third kappa shape index (κ3) is 11.2. The number of anilines is 6. The molecule has 0 saturated carbocycles. The number of furan rings is 1. The number of aromatic nitrogens is 2. The maximum atomic E-state index is 9.99. The molecule has 3 aromatic heterocycles. The van der Waals surface area contributed by atoms with Crippen LogP contribution in [0.25, 0.3) is 121 Å². The Hall–Kier alpha value is -11.9. The standard InChI is InChI=1S/C104H93BN4O/c1-100(2,3)70-44-49-88-82(57-70)83-58-71(101(4,5)6)45-50-89(83)107(88)76-62-93-98-94(63-76)109(99-80(65-33-21-17-22-34-65)59-74(104(13,14)15)60-81(99)66-35-23-18-24-36-66)91-61-75(106-86-40-28-25-37-77(86)78-38-26-29-41-87(78)106)46-48-85(91)105(98)84-47-43-67(68-51-72(102(7,8)9)56-73(52-68)103(10,11)12)53-90(84)108(93)92-54-69(64-31-19-16-20-32-64)55-96-97(92)79-39-27-30-42-95(79)110-96/h16-63H,1-15H3/i25D,26D,28D,29D,37D,38D,40D,41D. The highest BCUT2D eigenvalue weighted by molar-refractivity contribution is 7.00. The Morgan fingerprint density at radius 3 is 1.28 bits per heavy atom. The summed E-state index contributed by atoms with van der Waals surface area (Å²) in [7, 11) is 0. The molecule has 0 amide bonds. The summed E-state index contributed by atoms with van der Waals surface area (Å²) in [5.41, 5.74) is 26.0. The molecule has 0 radical (unpaired) electrons. The Kier molecular flexibility index (Phi) is 13.6. The summed E-state index contributed by atoms with van der Waals surface area (Å²) in [6, 6.07) is 85.6. The summed E-state index contributed by atoms with van der Waals surface area (Å²) in [5.74, 6) is 0. The van der Waals surface area contributed by atoms with Crippen molar-refractivity contribution in [1.29, 1.82) is 0 Å². The normalized spacial score (nSPS) is 14.4. The van der Waals surface area contributed by atoms with Crippen LogP contribution < -0.4 is 26.2 Å². The highest BCUT2D eigenvalue weighted by Gasteiger charge is 2.46. The molecular weight excluding hydrogens is 1330 g/mol. The molecule has 538 valence electrons. The molecule has 2 aliphatic heterocycles. The highest BCUT2D eigenvalue weighted by Crippen LogP contribution is 2.55. The lowest BCUT2D eigenvalue weighted by atomic mass is 9.33. The van der Waals surface area contributed by atoms with Gasteiger partial charge in [-0.2, -0.15) is 0 Å². The maximum Gasteiger partial charge on any atom is 0.252 e. The molecule has 0 bridgehead atoms. The lowest BCUT2D eigenvalue weighted by Gasteiger charge is -2.45. The number of para-hydroxylation sites is 3. The van der Waals surface area contributed by atoms with E-state index in [9.17, 15) is 11.0 Å². The molecule has 5 nitrogen and oxygen atoms in total. The molecule has 0 atom stereocenters. The van der Waals surface area contributed by atoms with Crippen molar-refractivity contribution in [2.24, 2.45) is 0 Å².